The molecule has 3 nitrogen and oxygen atoms in total. The van der Waals surface area contributed by atoms with Gasteiger partial charge in [0.25, 0.3) is 0 Å². The van der Waals surface area contributed by atoms with Gasteiger partial charge in [0.15, 0.2) is 0 Å². The standard InChI is InChI=1S/C6H13NO.C2H6O/c8-6-5-7-3-1-2-4-7;1-3-2/h8H,1-6H2;1-2H3. The van der Waals surface area contributed by atoms with Crippen molar-refractivity contribution in [1.82, 2.24) is 4.90 Å². The van der Waals surface area contributed by atoms with Crippen LogP contribution in [0.2, 0.25) is 0 Å². The first-order valence-corrected chi connectivity index (χ1v) is 4.08. The fourth-order valence-corrected chi connectivity index (χ4v) is 1.15. The fourth-order valence-electron chi connectivity index (χ4n) is 1.15. The third-order valence-electron chi connectivity index (χ3n) is 1.61. The summed E-state index contributed by atoms with van der Waals surface area (Å²) >= 11 is 0. The number of hydrogen-bond donors (Lipinski definition) is 1. The first-order valence-electron chi connectivity index (χ1n) is 4.08. The molecule has 0 amide bonds. The van der Waals surface area contributed by atoms with Crippen LogP contribution in [0.1, 0.15) is 12.8 Å². The SMILES string of the molecule is COC.OCCN1CCCC1. The molecule has 0 aromatic heterocycles. The molecule has 11 heavy (non-hydrogen) atoms. The Balaban J connectivity index is 0.000000292. The molecule has 0 radical (unpaired) electrons. The van der Waals surface area contributed by atoms with Crippen LogP contribution in [0.3, 0.4) is 0 Å². The van der Waals surface area contributed by atoms with Gasteiger partial charge in [0, 0.05) is 20.8 Å². The van der Waals surface area contributed by atoms with E-state index in [1.54, 1.807) is 14.2 Å². The topological polar surface area (TPSA) is 32.7 Å². The van der Waals surface area contributed by atoms with E-state index in [1.807, 2.05) is 0 Å². The number of aliphatic hydroxyl groups is 1. The van der Waals surface area contributed by atoms with E-state index in [9.17, 15) is 0 Å². The van der Waals surface area contributed by atoms with Crippen molar-refractivity contribution in [2.24, 2.45) is 0 Å². The van der Waals surface area contributed by atoms with E-state index in [0.29, 0.717) is 6.61 Å². The van der Waals surface area contributed by atoms with E-state index in [2.05, 4.69) is 9.64 Å². The predicted octanol–water partition coefficient (Wildman–Crippen LogP) is 0.337. The van der Waals surface area contributed by atoms with Crippen molar-refractivity contribution in [3.63, 3.8) is 0 Å². The van der Waals surface area contributed by atoms with Gasteiger partial charge in [-0.2, -0.15) is 0 Å². The van der Waals surface area contributed by atoms with Crippen molar-refractivity contribution in [1.29, 1.82) is 0 Å². The zero-order valence-corrected chi connectivity index (χ0v) is 7.55. The summed E-state index contributed by atoms with van der Waals surface area (Å²) in [5.74, 6) is 0. The maximum atomic E-state index is 8.48. The van der Waals surface area contributed by atoms with Crippen LogP contribution in [0.5, 0.6) is 0 Å². The number of nitrogens with zero attached hydrogens (tertiary/aromatic N) is 1. The number of ether oxygens (including phenoxy) is 1. The van der Waals surface area contributed by atoms with Crippen LogP contribution in [0.15, 0.2) is 0 Å². The highest BCUT2D eigenvalue weighted by molar-refractivity contribution is 4.64. The van der Waals surface area contributed by atoms with Crippen molar-refractivity contribution >= 4 is 0 Å². The lowest BCUT2D eigenvalue weighted by atomic mass is 10.4. The molecular formula is C8H19NO2. The lowest BCUT2D eigenvalue weighted by molar-refractivity contribution is 0.221. The quantitative estimate of drug-likeness (QED) is 0.634. The summed E-state index contributed by atoms with van der Waals surface area (Å²) in [5, 5.41) is 8.48. The molecule has 3 heteroatoms. The van der Waals surface area contributed by atoms with E-state index < -0.39 is 0 Å². The molecule has 1 aliphatic heterocycles. The number of rotatable bonds is 2. The van der Waals surface area contributed by atoms with Crippen LogP contribution in [-0.2, 0) is 4.74 Å². The largest absolute Gasteiger partial charge is 0.395 e. The van der Waals surface area contributed by atoms with Crippen molar-refractivity contribution in [2.75, 3.05) is 40.5 Å². The van der Waals surface area contributed by atoms with E-state index in [0.717, 1.165) is 6.54 Å². The van der Waals surface area contributed by atoms with Crippen LogP contribution in [0.25, 0.3) is 0 Å². The first kappa shape index (κ1) is 10.9. The van der Waals surface area contributed by atoms with Crippen LogP contribution in [-0.4, -0.2) is 50.5 Å². The second kappa shape index (κ2) is 7.98. The summed E-state index contributed by atoms with van der Waals surface area (Å²) in [4.78, 5) is 2.29. The van der Waals surface area contributed by atoms with Gasteiger partial charge in [-0.1, -0.05) is 0 Å². The summed E-state index contributed by atoms with van der Waals surface area (Å²) in [6.45, 7) is 3.58. The Kier molecular flexibility index (Phi) is 7.89. The van der Waals surface area contributed by atoms with Crippen molar-refractivity contribution in [3.05, 3.63) is 0 Å². The maximum absolute atomic E-state index is 8.48. The Morgan fingerprint density at radius 3 is 2.09 bits per heavy atom. The molecular weight excluding hydrogens is 142 g/mol. The molecule has 1 saturated heterocycles. The van der Waals surface area contributed by atoms with Crippen LogP contribution in [0, 0.1) is 0 Å². The van der Waals surface area contributed by atoms with Crippen molar-refractivity contribution in [2.45, 2.75) is 12.8 Å². The molecule has 0 aromatic rings. The van der Waals surface area contributed by atoms with Gasteiger partial charge in [-0.25, -0.2) is 0 Å². The zero-order valence-electron chi connectivity index (χ0n) is 7.55. The van der Waals surface area contributed by atoms with Gasteiger partial charge in [0.2, 0.25) is 0 Å². The average Bonchev–Trinajstić information content (AvgIpc) is 2.42. The van der Waals surface area contributed by atoms with Crippen molar-refractivity contribution in [3.8, 4) is 0 Å². The highest BCUT2D eigenvalue weighted by Crippen LogP contribution is 2.04. The Bertz CT molecular complexity index is 72.5. The fraction of sp³-hybridized carbons (Fsp3) is 1.00. The number of likely N-dealkylation sites (tertiary alicyclic amines) is 1. The summed E-state index contributed by atoms with van der Waals surface area (Å²) in [5.41, 5.74) is 0. The molecule has 1 rings (SSSR count). The Hall–Kier alpha value is -0.120. The van der Waals surface area contributed by atoms with Crippen LogP contribution < -0.4 is 0 Å². The normalized spacial score (nSPS) is 17.7. The van der Waals surface area contributed by atoms with Crippen LogP contribution in [0.4, 0.5) is 0 Å². The number of methoxy groups -OCH3 is 1. The molecule has 0 aliphatic carbocycles. The molecule has 1 aliphatic rings. The van der Waals surface area contributed by atoms with Gasteiger partial charge in [0.1, 0.15) is 0 Å². The lowest BCUT2D eigenvalue weighted by Crippen LogP contribution is -2.22. The second-order valence-corrected chi connectivity index (χ2v) is 2.68. The number of aliphatic hydroxyl groups excluding tert-OH is 1. The molecule has 0 aromatic carbocycles. The van der Waals surface area contributed by atoms with Gasteiger partial charge in [-0.15, -0.1) is 0 Å². The van der Waals surface area contributed by atoms with E-state index in [4.69, 9.17) is 5.11 Å². The zero-order chi connectivity index (χ0) is 8.53. The minimum atomic E-state index is 0.319. The lowest BCUT2D eigenvalue weighted by Gasteiger charge is -2.10. The molecule has 1 N–H and O–H groups in total. The van der Waals surface area contributed by atoms with Crippen molar-refractivity contribution < 1.29 is 9.84 Å². The number of hydrogen-bond acceptors (Lipinski definition) is 3. The van der Waals surface area contributed by atoms with Gasteiger partial charge in [-0.05, 0) is 25.9 Å². The van der Waals surface area contributed by atoms with Gasteiger partial charge < -0.3 is 14.7 Å². The molecule has 0 atom stereocenters. The average molecular weight is 161 g/mol. The second-order valence-electron chi connectivity index (χ2n) is 2.68. The molecule has 0 saturated carbocycles. The molecule has 0 spiro atoms. The minimum absolute atomic E-state index is 0.319. The summed E-state index contributed by atoms with van der Waals surface area (Å²) in [6, 6.07) is 0. The highest BCUT2D eigenvalue weighted by atomic mass is 16.4. The highest BCUT2D eigenvalue weighted by Gasteiger charge is 2.08. The van der Waals surface area contributed by atoms with Gasteiger partial charge >= 0.3 is 0 Å². The maximum Gasteiger partial charge on any atom is 0.0558 e. The first-order chi connectivity index (χ1) is 5.35. The smallest absolute Gasteiger partial charge is 0.0558 e. The molecule has 0 unspecified atom stereocenters. The Labute approximate surface area is 69.0 Å². The van der Waals surface area contributed by atoms with Crippen LogP contribution >= 0.6 is 0 Å². The molecule has 1 heterocycles. The van der Waals surface area contributed by atoms with E-state index in [1.165, 1.54) is 25.9 Å². The minimum Gasteiger partial charge on any atom is -0.395 e. The van der Waals surface area contributed by atoms with E-state index >= 15 is 0 Å². The molecule has 68 valence electrons. The van der Waals surface area contributed by atoms with Gasteiger partial charge in [0.05, 0.1) is 6.61 Å². The summed E-state index contributed by atoms with van der Waals surface area (Å²) < 4.78 is 4.25. The summed E-state index contributed by atoms with van der Waals surface area (Å²) in [7, 11) is 3.25. The van der Waals surface area contributed by atoms with Gasteiger partial charge in [-0.3, -0.25) is 0 Å². The Morgan fingerprint density at radius 2 is 1.73 bits per heavy atom. The Morgan fingerprint density at radius 1 is 1.27 bits per heavy atom. The summed E-state index contributed by atoms with van der Waals surface area (Å²) in [6.07, 6.45) is 2.64. The third-order valence-corrected chi connectivity index (χ3v) is 1.61. The molecule has 0 bridgehead atoms. The monoisotopic (exact) mass is 161 g/mol. The van der Waals surface area contributed by atoms with E-state index in [-0.39, 0.29) is 0 Å². The predicted molar refractivity (Wildman–Crippen MR) is 45.7 cm³/mol. The third kappa shape index (κ3) is 6.28. The molecule has 1 fully saturated rings. The number of β-amino-alcohol motifs (C(OH)–C–C–N with tert-alkyl or cyclic N) is 1.